The first-order chi connectivity index (χ1) is 9.26. The van der Waals surface area contributed by atoms with E-state index in [1.54, 1.807) is 0 Å². The zero-order chi connectivity index (χ0) is 13.2. The first-order valence-electron chi connectivity index (χ1n) is 6.55. The van der Waals surface area contributed by atoms with E-state index in [9.17, 15) is 0 Å². The Hall–Kier alpha value is -1.67. The average molecular weight is 274 g/mol. The van der Waals surface area contributed by atoms with Crippen molar-refractivity contribution in [3.63, 3.8) is 0 Å². The summed E-state index contributed by atoms with van der Waals surface area (Å²) < 4.78 is 6.05. The fourth-order valence-electron chi connectivity index (χ4n) is 2.30. The molecule has 0 saturated heterocycles. The molecule has 1 aliphatic heterocycles. The summed E-state index contributed by atoms with van der Waals surface area (Å²) in [5.74, 6) is 0.920. The number of fused-ring (bicyclic) bond motifs is 1. The number of ether oxygens (including phenoxy) is 1. The van der Waals surface area contributed by atoms with E-state index < -0.39 is 0 Å². The van der Waals surface area contributed by atoms with Gasteiger partial charge in [0.25, 0.3) is 0 Å². The molecule has 2 aromatic rings. The minimum absolute atomic E-state index is 0.0391. The third-order valence-electron chi connectivity index (χ3n) is 3.44. The van der Waals surface area contributed by atoms with E-state index in [1.165, 1.54) is 5.56 Å². The second kappa shape index (κ2) is 5.14. The van der Waals surface area contributed by atoms with Gasteiger partial charge in [-0.05, 0) is 41.8 Å². The minimum Gasteiger partial charge on any atom is -0.482 e. The van der Waals surface area contributed by atoms with Crippen molar-refractivity contribution >= 4 is 17.3 Å². The van der Waals surface area contributed by atoms with Crippen molar-refractivity contribution in [1.82, 2.24) is 0 Å². The molecule has 2 aromatic carbocycles. The van der Waals surface area contributed by atoms with Gasteiger partial charge in [-0.3, -0.25) is 0 Å². The van der Waals surface area contributed by atoms with E-state index >= 15 is 0 Å². The van der Waals surface area contributed by atoms with Crippen molar-refractivity contribution in [2.75, 3.05) is 11.9 Å². The normalized spacial score (nSPS) is 17.3. The van der Waals surface area contributed by atoms with Crippen LogP contribution in [-0.4, -0.2) is 6.54 Å². The number of hydrogen-bond acceptors (Lipinski definition) is 2. The summed E-state index contributed by atoms with van der Waals surface area (Å²) in [6, 6.07) is 14.1. The lowest BCUT2D eigenvalue weighted by atomic mass is 10.1. The molecule has 0 aliphatic carbocycles. The Bertz CT molecular complexity index is 580. The topological polar surface area (TPSA) is 21.3 Å². The lowest BCUT2D eigenvalue weighted by molar-refractivity contribution is 0.210. The van der Waals surface area contributed by atoms with Gasteiger partial charge in [-0.1, -0.05) is 36.7 Å². The molecule has 0 amide bonds. The van der Waals surface area contributed by atoms with E-state index in [0.717, 1.165) is 35.0 Å². The van der Waals surface area contributed by atoms with Crippen LogP contribution in [0.5, 0.6) is 5.75 Å². The van der Waals surface area contributed by atoms with Crippen LogP contribution in [-0.2, 0) is 6.42 Å². The SMILES string of the molecule is CCc1ccc2c(c1)NCC(c1ccc(Cl)cc1)O2. The van der Waals surface area contributed by atoms with Gasteiger partial charge in [-0.25, -0.2) is 0 Å². The van der Waals surface area contributed by atoms with Gasteiger partial charge in [0.15, 0.2) is 0 Å². The maximum atomic E-state index is 6.05. The lowest BCUT2D eigenvalue weighted by Gasteiger charge is -2.28. The maximum Gasteiger partial charge on any atom is 0.143 e. The quantitative estimate of drug-likeness (QED) is 0.873. The standard InChI is InChI=1S/C16H16ClNO/c1-2-11-3-8-15-14(9-11)18-10-16(19-15)12-4-6-13(17)7-5-12/h3-9,16,18H,2,10H2,1H3. The third kappa shape index (κ3) is 2.54. The summed E-state index contributed by atoms with van der Waals surface area (Å²) >= 11 is 5.91. The average Bonchev–Trinajstić information content (AvgIpc) is 2.47. The van der Waals surface area contributed by atoms with Crippen LogP contribution in [0, 0.1) is 0 Å². The molecule has 0 bridgehead atoms. The van der Waals surface area contributed by atoms with Gasteiger partial charge in [-0.15, -0.1) is 0 Å². The number of anilines is 1. The van der Waals surface area contributed by atoms with Crippen molar-refractivity contribution < 1.29 is 4.74 Å². The van der Waals surface area contributed by atoms with Crippen LogP contribution in [0.2, 0.25) is 5.02 Å². The first-order valence-corrected chi connectivity index (χ1v) is 6.93. The van der Waals surface area contributed by atoms with E-state index in [-0.39, 0.29) is 6.10 Å². The van der Waals surface area contributed by atoms with Gasteiger partial charge in [0, 0.05) is 5.02 Å². The van der Waals surface area contributed by atoms with Crippen LogP contribution in [0.15, 0.2) is 42.5 Å². The maximum absolute atomic E-state index is 6.05. The van der Waals surface area contributed by atoms with Crippen LogP contribution in [0.3, 0.4) is 0 Å². The Kier molecular flexibility index (Phi) is 3.34. The second-order valence-corrected chi connectivity index (χ2v) is 5.16. The predicted molar refractivity (Wildman–Crippen MR) is 79.1 cm³/mol. The van der Waals surface area contributed by atoms with Gasteiger partial charge in [0.1, 0.15) is 11.9 Å². The molecule has 1 N–H and O–H groups in total. The van der Waals surface area contributed by atoms with Gasteiger partial charge >= 0.3 is 0 Å². The summed E-state index contributed by atoms with van der Waals surface area (Å²) in [6.07, 6.45) is 1.08. The van der Waals surface area contributed by atoms with Crippen molar-refractivity contribution in [1.29, 1.82) is 0 Å². The zero-order valence-corrected chi connectivity index (χ0v) is 11.6. The summed E-state index contributed by atoms with van der Waals surface area (Å²) in [5.41, 5.74) is 3.55. The van der Waals surface area contributed by atoms with Gasteiger partial charge in [0.2, 0.25) is 0 Å². The zero-order valence-electron chi connectivity index (χ0n) is 10.8. The van der Waals surface area contributed by atoms with Crippen LogP contribution >= 0.6 is 11.6 Å². The molecule has 0 fully saturated rings. The molecular formula is C16H16ClNO. The Morgan fingerprint density at radius 2 is 2.00 bits per heavy atom. The van der Waals surface area contributed by atoms with Crippen molar-refractivity contribution in [3.05, 3.63) is 58.6 Å². The Labute approximate surface area is 118 Å². The van der Waals surface area contributed by atoms with Crippen LogP contribution < -0.4 is 10.1 Å². The molecule has 3 rings (SSSR count). The molecule has 2 nitrogen and oxygen atoms in total. The first kappa shape index (κ1) is 12.4. The van der Waals surface area contributed by atoms with E-state index in [1.807, 2.05) is 30.3 Å². The Morgan fingerprint density at radius 3 is 2.74 bits per heavy atom. The van der Waals surface area contributed by atoms with Crippen LogP contribution in [0.1, 0.15) is 24.2 Å². The van der Waals surface area contributed by atoms with E-state index in [0.29, 0.717) is 0 Å². The summed E-state index contributed by atoms with van der Waals surface area (Å²) in [4.78, 5) is 0. The summed E-state index contributed by atoms with van der Waals surface area (Å²) in [6.45, 7) is 2.93. The minimum atomic E-state index is 0.0391. The molecule has 19 heavy (non-hydrogen) atoms. The molecule has 1 aliphatic rings. The van der Waals surface area contributed by atoms with E-state index in [2.05, 4.69) is 24.4 Å². The van der Waals surface area contributed by atoms with E-state index in [4.69, 9.17) is 16.3 Å². The monoisotopic (exact) mass is 273 g/mol. The van der Waals surface area contributed by atoms with Gasteiger partial charge in [0.05, 0.1) is 12.2 Å². The van der Waals surface area contributed by atoms with Gasteiger partial charge < -0.3 is 10.1 Å². The molecule has 3 heteroatoms. The highest BCUT2D eigenvalue weighted by molar-refractivity contribution is 6.30. The molecule has 0 aromatic heterocycles. The molecule has 1 atom stereocenters. The highest BCUT2D eigenvalue weighted by Crippen LogP contribution is 2.35. The summed E-state index contributed by atoms with van der Waals surface area (Å²) in [7, 11) is 0. The number of rotatable bonds is 2. The summed E-state index contributed by atoms with van der Waals surface area (Å²) in [5, 5.41) is 4.19. The van der Waals surface area contributed by atoms with Crippen LogP contribution in [0.25, 0.3) is 0 Å². The number of benzene rings is 2. The molecular weight excluding hydrogens is 258 g/mol. The number of aryl methyl sites for hydroxylation is 1. The molecule has 0 radical (unpaired) electrons. The highest BCUT2D eigenvalue weighted by atomic mass is 35.5. The molecule has 0 saturated carbocycles. The van der Waals surface area contributed by atoms with Crippen LogP contribution in [0.4, 0.5) is 5.69 Å². The highest BCUT2D eigenvalue weighted by Gasteiger charge is 2.20. The predicted octanol–water partition coefficient (Wildman–Crippen LogP) is 4.45. The molecule has 0 spiro atoms. The number of hydrogen-bond donors (Lipinski definition) is 1. The second-order valence-electron chi connectivity index (χ2n) is 4.72. The van der Waals surface area contributed by atoms with Gasteiger partial charge in [-0.2, -0.15) is 0 Å². The Balaban J connectivity index is 1.84. The lowest BCUT2D eigenvalue weighted by Crippen LogP contribution is -2.23. The molecule has 1 heterocycles. The largest absolute Gasteiger partial charge is 0.482 e. The van der Waals surface area contributed by atoms with Crippen molar-refractivity contribution in [2.45, 2.75) is 19.4 Å². The van der Waals surface area contributed by atoms with Crippen molar-refractivity contribution in [2.24, 2.45) is 0 Å². The Morgan fingerprint density at radius 1 is 1.21 bits per heavy atom. The number of halogens is 1. The molecule has 1 unspecified atom stereocenters. The van der Waals surface area contributed by atoms with Crippen molar-refractivity contribution in [3.8, 4) is 5.75 Å². The fourth-order valence-corrected chi connectivity index (χ4v) is 2.42. The smallest absolute Gasteiger partial charge is 0.143 e. The third-order valence-corrected chi connectivity index (χ3v) is 3.69. The molecule has 98 valence electrons. The fraction of sp³-hybridized carbons (Fsp3) is 0.250. The number of nitrogens with one attached hydrogen (secondary N) is 1.